The molecule has 1 amide bonds. The maximum Gasteiger partial charge on any atom is 0.255 e. The summed E-state index contributed by atoms with van der Waals surface area (Å²) < 4.78 is 5.84. The zero-order chi connectivity index (χ0) is 20.8. The van der Waals surface area contributed by atoms with Crippen molar-refractivity contribution in [3.05, 3.63) is 65.3 Å². The Balaban J connectivity index is 1.36. The molecule has 0 unspecified atom stereocenters. The minimum Gasteiger partial charge on any atom is -0.492 e. The van der Waals surface area contributed by atoms with Crippen molar-refractivity contribution in [2.24, 2.45) is 0 Å². The Morgan fingerprint density at radius 2 is 1.87 bits per heavy atom. The van der Waals surface area contributed by atoms with Crippen LogP contribution in [0.5, 0.6) is 5.75 Å². The number of para-hydroxylation sites is 1. The molecule has 0 radical (unpaired) electrons. The number of halogens is 1. The summed E-state index contributed by atoms with van der Waals surface area (Å²) in [6.45, 7) is 3.92. The monoisotopic (exact) mass is 424 g/mol. The normalized spacial score (nSPS) is 14.4. The third kappa shape index (κ3) is 5.01. The van der Waals surface area contributed by atoms with Crippen LogP contribution in [-0.2, 0) is 0 Å². The maximum atomic E-state index is 12.7. The molecule has 2 heterocycles. The first kappa shape index (κ1) is 20.4. The summed E-state index contributed by atoms with van der Waals surface area (Å²) in [5.74, 6) is 0.575. The molecule has 0 saturated carbocycles. The van der Waals surface area contributed by atoms with Crippen LogP contribution in [0.4, 0.5) is 5.69 Å². The Hall–Kier alpha value is -2.83. The molecule has 2 N–H and O–H groups in total. The summed E-state index contributed by atoms with van der Waals surface area (Å²) in [5, 5.41) is 10.3. The molecule has 6 nitrogen and oxygen atoms in total. The Bertz CT molecular complexity index is 981. The molecule has 4 rings (SSSR count). The molecule has 1 fully saturated rings. The number of piperidine rings is 1. The van der Waals surface area contributed by atoms with Gasteiger partial charge in [0.15, 0.2) is 0 Å². The molecule has 0 spiro atoms. The lowest BCUT2D eigenvalue weighted by Gasteiger charge is -2.26. The fraction of sp³-hybridized carbons (Fsp3) is 0.304. The number of likely N-dealkylation sites (tertiary alicyclic amines) is 1. The first-order chi connectivity index (χ1) is 14.7. The molecule has 7 heteroatoms. The molecule has 156 valence electrons. The smallest absolute Gasteiger partial charge is 0.255 e. The van der Waals surface area contributed by atoms with E-state index in [9.17, 15) is 4.79 Å². The van der Waals surface area contributed by atoms with Crippen molar-refractivity contribution in [2.45, 2.75) is 19.3 Å². The van der Waals surface area contributed by atoms with Crippen LogP contribution >= 0.6 is 11.6 Å². The first-order valence-electron chi connectivity index (χ1n) is 10.3. The fourth-order valence-electron chi connectivity index (χ4n) is 3.64. The number of aromatic amines is 1. The second kappa shape index (κ2) is 9.78. The van der Waals surface area contributed by atoms with Crippen molar-refractivity contribution >= 4 is 23.2 Å². The summed E-state index contributed by atoms with van der Waals surface area (Å²) in [6.07, 6.45) is 5.43. The fourth-order valence-corrected chi connectivity index (χ4v) is 3.84. The van der Waals surface area contributed by atoms with E-state index in [-0.39, 0.29) is 5.91 Å². The van der Waals surface area contributed by atoms with Crippen molar-refractivity contribution in [3.8, 4) is 17.0 Å². The van der Waals surface area contributed by atoms with Crippen LogP contribution in [0.2, 0.25) is 5.02 Å². The van der Waals surface area contributed by atoms with Crippen LogP contribution in [0.15, 0.2) is 54.7 Å². The van der Waals surface area contributed by atoms with Crippen LogP contribution in [0.25, 0.3) is 11.3 Å². The zero-order valence-electron chi connectivity index (χ0n) is 16.7. The number of aromatic nitrogens is 2. The van der Waals surface area contributed by atoms with Gasteiger partial charge < -0.3 is 10.1 Å². The molecule has 1 saturated heterocycles. The lowest BCUT2D eigenvalue weighted by molar-refractivity contribution is 0.102. The number of H-pyrrole nitrogens is 1. The molecule has 1 aliphatic rings. The van der Waals surface area contributed by atoms with Crippen LogP contribution in [0, 0.1) is 0 Å². The SMILES string of the molecule is O=C(Nc1ccccc1-c1[nH]ncc1Cl)c1ccc(OCCN2CCCCC2)cc1. The zero-order valence-corrected chi connectivity index (χ0v) is 17.5. The van der Waals surface area contributed by atoms with Gasteiger partial charge in [0.1, 0.15) is 12.4 Å². The van der Waals surface area contributed by atoms with Crippen LogP contribution in [-0.4, -0.2) is 47.2 Å². The summed E-state index contributed by atoms with van der Waals surface area (Å²) >= 11 is 6.19. The van der Waals surface area contributed by atoms with Gasteiger partial charge in [-0.2, -0.15) is 5.10 Å². The molecule has 1 aliphatic heterocycles. The van der Waals surface area contributed by atoms with Gasteiger partial charge >= 0.3 is 0 Å². The van der Waals surface area contributed by atoms with Crippen molar-refractivity contribution in [1.29, 1.82) is 0 Å². The summed E-state index contributed by atoms with van der Waals surface area (Å²) in [6, 6.07) is 14.7. The lowest BCUT2D eigenvalue weighted by atomic mass is 10.1. The standard InChI is InChI=1S/C23H25ClN4O2/c24-20-16-25-27-22(20)19-6-2-3-7-21(19)26-23(29)17-8-10-18(11-9-17)30-15-14-28-12-4-1-5-13-28/h2-3,6-11,16H,1,4-5,12-15H2,(H,25,27)(H,26,29). The number of nitrogens with one attached hydrogen (secondary N) is 2. The highest BCUT2D eigenvalue weighted by molar-refractivity contribution is 6.33. The van der Waals surface area contributed by atoms with Gasteiger partial charge in [0.25, 0.3) is 5.91 Å². The topological polar surface area (TPSA) is 70.2 Å². The van der Waals surface area contributed by atoms with Crippen molar-refractivity contribution < 1.29 is 9.53 Å². The molecular weight excluding hydrogens is 400 g/mol. The highest BCUT2D eigenvalue weighted by atomic mass is 35.5. The van der Waals surface area contributed by atoms with Gasteiger partial charge in [-0.1, -0.05) is 36.2 Å². The van der Waals surface area contributed by atoms with E-state index in [2.05, 4.69) is 20.4 Å². The van der Waals surface area contributed by atoms with Gasteiger partial charge in [-0.25, -0.2) is 0 Å². The van der Waals surface area contributed by atoms with Crippen molar-refractivity contribution in [2.75, 3.05) is 31.6 Å². The molecule has 0 atom stereocenters. The van der Waals surface area contributed by atoms with Gasteiger partial charge in [-0.05, 0) is 56.3 Å². The molecule has 1 aromatic heterocycles. The number of carbonyl (C=O) groups excluding carboxylic acids is 1. The Labute approximate surface area is 181 Å². The third-order valence-corrected chi connectivity index (χ3v) is 5.57. The number of nitrogens with zero attached hydrogens (tertiary/aromatic N) is 2. The Morgan fingerprint density at radius 3 is 2.60 bits per heavy atom. The minimum atomic E-state index is -0.196. The van der Waals surface area contributed by atoms with E-state index in [1.807, 2.05) is 36.4 Å². The average molecular weight is 425 g/mol. The predicted molar refractivity (Wildman–Crippen MR) is 119 cm³/mol. The van der Waals surface area contributed by atoms with E-state index in [1.54, 1.807) is 18.3 Å². The highest BCUT2D eigenvalue weighted by Crippen LogP contribution is 2.31. The van der Waals surface area contributed by atoms with Crippen LogP contribution in [0.3, 0.4) is 0 Å². The molecule has 0 bridgehead atoms. The van der Waals surface area contributed by atoms with E-state index in [0.717, 1.165) is 30.9 Å². The second-order valence-corrected chi connectivity index (χ2v) is 7.77. The number of amides is 1. The van der Waals surface area contributed by atoms with E-state index >= 15 is 0 Å². The number of hydrogen-bond donors (Lipinski definition) is 2. The van der Waals surface area contributed by atoms with Crippen LogP contribution < -0.4 is 10.1 Å². The van der Waals surface area contributed by atoms with Gasteiger partial charge in [0, 0.05) is 17.7 Å². The third-order valence-electron chi connectivity index (χ3n) is 5.28. The van der Waals surface area contributed by atoms with Crippen molar-refractivity contribution in [3.63, 3.8) is 0 Å². The summed E-state index contributed by atoms with van der Waals surface area (Å²) in [5.41, 5.74) is 2.68. The van der Waals surface area contributed by atoms with E-state index in [0.29, 0.717) is 28.6 Å². The van der Waals surface area contributed by atoms with E-state index < -0.39 is 0 Å². The lowest BCUT2D eigenvalue weighted by Crippen LogP contribution is -2.33. The van der Waals surface area contributed by atoms with Crippen LogP contribution in [0.1, 0.15) is 29.6 Å². The average Bonchev–Trinajstić information content (AvgIpc) is 3.21. The minimum absolute atomic E-state index is 0.196. The second-order valence-electron chi connectivity index (χ2n) is 7.37. The quantitative estimate of drug-likeness (QED) is 0.569. The van der Waals surface area contributed by atoms with E-state index in [1.165, 1.54) is 19.3 Å². The number of carbonyl (C=O) groups is 1. The molecule has 0 aliphatic carbocycles. The van der Waals surface area contributed by atoms with Crippen molar-refractivity contribution in [1.82, 2.24) is 15.1 Å². The molecule has 3 aromatic rings. The molecule has 2 aromatic carbocycles. The van der Waals surface area contributed by atoms with Gasteiger partial charge in [0.2, 0.25) is 0 Å². The Morgan fingerprint density at radius 1 is 1.10 bits per heavy atom. The number of benzene rings is 2. The largest absolute Gasteiger partial charge is 0.492 e. The maximum absolute atomic E-state index is 12.7. The number of rotatable bonds is 7. The molecule has 30 heavy (non-hydrogen) atoms. The van der Waals surface area contributed by atoms with Gasteiger partial charge in [-0.3, -0.25) is 14.8 Å². The summed E-state index contributed by atoms with van der Waals surface area (Å²) in [4.78, 5) is 15.2. The predicted octanol–water partition coefficient (Wildman–Crippen LogP) is 4.85. The van der Waals surface area contributed by atoms with Gasteiger partial charge in [-0.15, -0.1) is 0 Å². The van der Waals surface area contributed by atoms with Gasteiger partial charge in [0.05, 0.1) is 22.6 Å². The Kier molecular flexibility index (Phi) is 6.67. The number of ether oxygens (including phenoxy) is 1. The highest BCUT2D eigenvalue weighted by Gasteiger charge is 2.14. The number of hydrogen-bond acceptors (Lipinski definition) is 4. The van der Waals surface area contributed by atoms with E-state index in [4.69, 9.17) is 16.3 Å². The number of anilines is 1. The molecular formula is C23H25ClN4O2. The first-order valence-corrected chi connectivity index (χ1v) is 10.6. The summed E-state index contributed by atoms with van der Waals surface area (Å²) in [7, 11) is 0.